The largest absolute Gasteiger partial charge is 0.381 e. The van der Waals surface area contributed by atoms with Crippen molar-refractivity contribution in [1.29, 1.82) is 0 Å². The van der Waals surface area contributed by atoms with E-state index in [2.05, 4.69) is 17.4 Å². The van der Waals surface area contributed by atoms with Crippen molar-refractivity contribution in [2.24, 2.45) is 0 Å². The molecule has 0 aromatic heterocycles. The van der Waals surface area contributed by atoms with E-state index in [-0.39, 0.29) is 10.8 Å². The summed E-state index contributed by atoms with van der Waals surface area (Å²) in [5, 5.41) is 2.91. The number of rotatable bonds is 12. The lowest BCUT2D eigenvalue weighted by atomic mass is 10.1. The zero-order valence-corrected chi connectivity index (χ0v) is 19.2. The van der Waals surface area contributed by atoms with Gasteiger partial charge in [0.25, 0.3) is 0 Å². The van der Waals surface area contributed by atoms with Crippen LogP contribution in [0.15, 0.2) is 59.5 Å². The number of carbonyl (C=O) groups is 1. The average Bonchev–Trinajstić information content (AvgIpc) is 2.83. The molecule has 0 radical (unpaired) electrons. The molecule has 1 N–H and O–H groups in total. The molecule has 174 valence electrons. The fourth-order valence-electron chi connectivity index (χ4n) is 3.45. The minimum atomic E-state index is -3.49. The molecule has 8 heteroatoms. The maximum absolute atomic E-state index is 12.6. The lowest BCUT2D eigenvalue weighted by molar-refractivity contribution is -0.121. The first kappa shape index (κ1) is 24.4. The van der Waals surface area contributed by atoms with Crippen LogP contribution in [0.5, 0.6) is 0 Å². The van der Waals surface area contributed by atoms with Crippen LogP contribution < -0.4 is 5.32 Å². The molecule has 1 saturated heterocycles. The number of amides is 1. The van der Waals surface area contributed by atoms with Gasteiger partial charge in [0.2, 0.25) is 15.9 Å². The van der Waals surface area contributed by atoms with Crippen LogP contribution in [0.3, 0.4) is 0 Å². The molecule has 2 aromatic rings. The Morgan fingerprint density at radius 1 is 0.938 bits per heavy atom. The number of benzene rings is 2. The molecule has 2 aromatic carbocycles. The van der Waals surface area contributed by atoms with E-state index in [9.17, 15) is 13.2 Å². The molecule has 32 heavy (non-hydrogen) atoms. The predicted molar refractivity (Wildman–Crippen MR) is 123 cm³/mol. The van der Waals surface area contributed by atoms with Gasteiger partial charge in [-0.05, 0) is 42.5 Å². The number of carbonyl (C=O) groups excluding carboxylic acids is 1. The second-order valence-corrected chi connectivity index (χ2v) is 9.65. The molecule has 1 fully saturated rings. The summed E-state index contributed by atoms with van der Waals surface area (Å²) in [5.41, 5.74) is 2.19. The van der Waals surface area contributed by atoms with E-state index in [1.807, 2.05) is 18.2 Å². The molecule has 1 heterocycles. The summed E-state index contributed by atoms with van der Waals surface area (Å²) in [6.07, 6.45) is 2.59. The van der Waals surface area contributed by atoms with Crippen LogP contribution in [-0.4, -0.2) is 64.7 Å². The molecule has 0 spiro atoms. The molecule has 1 amide bonds. The summed E-state index contributed by atoms with van der Waals surface area (Å²) >= 11 is 0. The van der Waals surface area contributed by atoms with Gasteiger partial charge in [-0.2, -0.15) is 4.31 Å². The summed E-state index contributed by atoms with van der Waals surface area (Å²) in [4.78, 5) is 12.3. The molecule has 3 rings (SSSR count). The van der Waals surface area contributed by atoms with Gasteiger partial charge in [0.05, 0.1) is 24.7 Å². The molecule has 1 aliphatic rings. The Morgan fingerprint density at radius 3 is 2.34 bits per heavy atom. The lowest BCUT2D eigenvalue weighted by Gasteiger charge is -2.26. The van der Waals surface area contributed by atoms with Crippen LogP contribution in [0.1, 0.15) is 24.0 Å². The third-order valence-electron chi connectivity index (χ3n) is 5.34. The summed E-state index contributed by atoms with van der Waals surface area (Å²) < 4.78 is 37.6. The summed E-state index contributed by atoms with van der Waals surface area (Å²) in [6.45, 7) is 3.48. The van der Waals surface area contributed by atoms with Crippen LogP contribution in [0.2, 0.25) is 0 Å². The topological polar surface area (TPSA) is 84.9 Å². The van der Waals surface area contributed by atoms with Crippen molar-refractivity contribution in [3.05, 3.63) is 65.7 Å². The highest BCUT2D eigenvalue weighted by molar-refractivity contribution is 7.89. The summed E-state index contributed by atoms with van der Waals surface area (Å²) in [5.74, 6) is -0.0145. The van der Waals surface area contributed by atoms with Gasteiger partial charge in [0.15, 0.2) is 0 Å². The van der Waals surface area contributed by atoms with Crippen molar-refractivity contribution >= 4 is 15.9 Å². The third kappa shape index (κ3) is 7.70. The first-order valence-corrected chi connectivity index (χ1v) is 12.5. The van der Waals surface area contributed by atoms with Crippen molar-refractivity contribution in [3.63, 3.8) is 0 Å². The van der Waals surface area contributed by atoms with Crippen LogP contribution in [0, 0.1) is 0 Å². The number of hydrogen-bond donors (Lipinski definition) is 1. The fraction of sp³-hybridized carbons (Fsp3) is 0.458. The van der Waals surface area contributed by atoms with Gasteiger partial charge in [-0.3, -0.25) is 4.79 Å². The summed E-state index contributed by atoms with van der Waals surface area (Å²) in [7, 11) is -3.49. The number of nitrogens with one attached hydrogen (secondary N) is 1. The van der Waals surface area contributed by atoms with Crippen LogP contribution in [-0.2, 0) is 37.1 Å². The molecule has 1 aliphatic heterocycles. The second-order valence-electron chi connectivity index (χ2n) is 7.71. The van der Waals surface area contributed by atoms with Gasteiger partial charge in [0, 0.05) is 32.7 Å². The van der Waals surface area contributed by atoms with Gasteiger partial charge in [-0.1, -0.05) is 42.5 Å². The Bertz CT molecular complexity index is 927. The van der Waals surface area contributed by atoms with E-state index in [4.69, 9.17) is 9.47 Å². The Morgan fingerprint density at radius 2 is 1.62 bits per heavy atom. The van der Waals surface area contributed by atoms with Crippen LogP contribution in [0.25, 0.3) is 0 Å². The highest BCUT2D eigenvalue weighted by Gasteiger charge is 2.26. The van der Waals surface area contributed by atoms with Crippen molar-refractivity contribution in [2.75, 3.05) is 46.1 Å². The Hall–Kier alpha value is -2.26. The quantitative estimate of drug-likeness (QED) is 0.492. The van der Waals surface area contributed by atoms with E-state index in [1.165, 1.54) is 9.87 Å². The van der Waals surface area contributed by atoms with E-state index in [0.29, 0.717) is 58.9 Å². The molecular formula is C24H32N2O5S. The number of morpholine rings is 1. The number of aryl methyl sites for hydroxylation is 1. The molecule has 0 bridgehead atoms. The third-order valence-corrected chi connectivity index (χ3v) is 7.25. The molecule has 0 atom stereocenters. The van der Waals surface area contributed by atoms with Gasteiger partial charge < -0.3 is 14.8 Å². The molecule has 0 saturated carbocycles. The highest BCUT2D eigenvalue weighted by atomic mass is 32.2. The molecule has 0 aliphatic carbocycles. The zero-order chi connectivity index (χ0) is 22.7. The monoisotopic (exact) mass is 460 g/mol. The molecule has 7 nitrogen and oxygen atoms in total. The van der Waals surface area contributed by atoms with Gasteiger partial charge >= 0.3 is 0 Å². The minimum Gasteiger partial charge on any atom is -0.381 e. The smallest absolute Gasteiger partial charge is 0.243 e. The lowest BCUT2D eigenvalue weighted by Crippen LogP contribution is -2.40. The predicted octanol–water partition coefficient (Wildman–Crippen LogP) is 2.41. The van der Waals surface area contributed by atoms with Gasteiger partial charge in [0.1, 0.15) is 0 Å². The first-order valence-electron chi connectivity index (χ1n) is 11.1. The molecule has 0 unspecified atom stereocenters. The maximum Gasteiger partial charge on any atom is 0.243 e. The standard InChI is InChI=1S/C24H32N2O5S/c27-24(25-14-4-17-30-18-13-21-5-2-1-3-6-21)12-9-22-7-10-23(11-8-22)32(28,29)26-15-19-31-20-16-26/h1-3,5-8,10-11H,4,9,12-20H2,(H,25,27). The van der Waals surface area contributed by atoms with Crippen molar-refractivity contribution in [2.45, 2.75) is 30.6 Å². The SMILES string of the molecule is O=C(CCc1ccc(S(=O)(=O)N2CCOCC2)cc1)NCCCOCCc1ccccc1. The zero-order valence-electron chi connectivity index (χ0n) is 18.4. The normalized spacial score (nSPS) is 14.9. The van der Waals surface area contributed by atoms with Crippen LogP contribution >= 0.6 is 0 Å². The second kappa shape index (κ2) is 12.7. The van der Waals surface area contributed by atoms with Crippen molar-refractivity contribution in [3.8, 4) is 0 Å². The maximum atomic E-state index is 12.6. The highest BCUT2D eigenvalue weighted by Crippen LogP contribution is 2.18. The first-order chi connectivity index (χ1) is 15.6. The van der Waals surface area contributed by atoms with E-state index >= 15 is 0 Å². The average molecular weight is 461 g/mol. The van der Waals surface area contributed by atoms with E-state index in [1.54, 1.807) is 24.3 Å². The number of ether oxygens (including phenoxy) is 2. The summed E-state index contributed by atoms with van der Waals surface area (Å²) in [6, 6.07) is 17.0. The van der Waals surface area contributed by atoms with E-state index < -0.39 is 10.0 Å². The van der Waals surface area contributed by atoms with Crippen molar-refractivity contribution in [1.82, 2.24) is 9.62 Å². The fourth-order valence-corrected chi connectivity index (χ4v) is 4.86. The van der Waals surface area contributed by atoms with Gasteiger partial charge in [-0.25, -0.2) is 8.42 Å². The minimum absolute atomic E-state index is 0.0145. The number of hydrogen-bond acceptors (Lipinski definition) is 5. The van der Waals surface area contributed by atoms with Crippen LogP contribution in [0.4, 0.5) is 0 Å². The van der Waals surface area contributed by atoms with E-state index in [0.717, 1.165) is 18.4 Å². The number of nitrogens with zero attached hydrogens (tertiary/aromatic N) is 1. The Balaban J connectivity index is 1.29. The Labute approximate surface area is 190 Å². The van der Waals surface area contributed by atoms with Gasteiger partial charge in [-0.15, -0.1) is 0 Å². The number of sulfonamides is 1. The Kier molecular flexibility index (Phi) is 9.67. The molecular weight excluding hydrogens is 428 g/mol. The van der Waals surface area contributed by atoms with Crippen molar-refractivity contribution < 1.29 is 22.7 Å².